The summed E-state index contributed by atoms with van der Waals surface area (Å²) in [6, 6.07) is 0. The predicted molar refractivity (Wildman–Crippen MR) is 104 cm³/mol. The molecule has 29 heavy (non-hydrogen) atoms. The van der Waals surface area contributed by atoms with E-state index in [1.54, 1.807) is 6.20 Å². The van der Waals surface area contributed by atoms with E-state index in [0.29, 0.717) is 27.8 Å². The Labute approximate surface area is 172 Å². The van der Waals surface area contributed by atoms with Gasteiger partial charge >= 0.3 is 0 Å². The van der Waals surface area contributed by atoms with Crippen LogP contribution in [0, 0.1) is 23.2 Å². The van der Waals surface area contributed by atoms with Crippen LogP contribution >= 0.6 is 11.3 Å². The van der Waals surface area contributed by atoms with Gasteiger partial charge < -0.3 is 30.5 Å². The van der Waals surface area contributed by atoms with Gasteiger partial charge in [0, 0.05) is 5.41 Å². The molecule has 0 spiro atoms. The SMILES string of the molecule is O=C(c1cnc(N[C@H]2O[C@H](CO)[C@@H](O)[C@H](O)[C@@H]2O)s1)C12CC3CC(CC(C3)C1)C2. The van der Waals surface area contributed by atoms with Gasteiger partial charge in [-0.05, 0) is 56.3 Å². The van der Waals surface area contributed by atoms with Crippen LogP contribution in [0.3, 0.4) is 0 Å². The lowest BCUT2D eigenvalue weighted by Gasteiger charge is -2.55. The fourth-order valence-corrected chi connectivity index (χ4v) is 7.34. The molecule has 1 aliphatic heterocycles. The molecule has 0 aromatic carbocycles. The van der Waals surface area contributed by atoms with E-state index in [4.69, 9.17) is 4.74 Å². The first-order valence-electron chi connectivity index (χ1n) is 10.5. The molecule has 1 aromatic heterocycles. The van der Waals surface area contributed by atoms with Gasteiger partial charge in [-0.3, -0.25) is 4.79 Å². The molecule has 5 aliphatic rings. The normalized spacial score (nSPS) is 46.1. The summed E-state index contributed by atoms with van der Waals surface area (Å²) in [6.45, 7) is -0.489. The van der Waals surface area contributed by atoms with Gasteiger partial charge in [-0.1, -0.05) is 11.3 Å². The monoisotopic (exact) mass is 424 g/mol. The molecule has 0 amide bonds. The minimum Gasteiger partial charge on any atom is -0.394 e. The summed E-state index contributed by atoms with van der Waals surface area (Å²) in [5, 5.41) is 42.6. The highest BCUT2D eigenvalue weighted by molar-refractivity contribution is 7.17. The molecule has 5 fully saturated rings. The lowest BCUT2D eigenvalue weighted by atomic mass is 9.48. The van der Waals surface area contributed by atoms with Crippen molar-refractivity contribution in [1.82, 2.24) is 4.98 Å². The lowest BCUT2D eigenvalue weighted by Crippen LogP contribution is -2.60. The topological polar surface area (TPSA) is 132 Å². The molecule has 0 unspecified atom stereocenters. The Bertz CT molecular complexity index is 747. The minimum atomic E-state index is -1.45. The quantitative estimate of drug-likeness (QED) is 0.438. The molecule has 9 heteroatoms. The van der Waals surface area contributed by atoms with Crippen molar-refractivity contribution in [1.29, 1.82) is 0 Å². The van der Waals surface area contributed by atoms with Crippen molar-refractivity contribution in [2.45, 2.75) is 69.2 Å². The molecule has 8 nitrogen and oxygen atoms in total. The summed E-state index contributed by atoms with van der Waals surface area (Å²) >= 11 is 1.23. The van der Waals surface area contributed by atoms with Crippen molar-refractivity contribution in [2.75, 3.05) is 11.9 Å². The van der Waals surface area contributed by atoms with Crippen LogP contribution in [0.25, 0.3) is 0 Å². The summed E-state index contributed by atoms with van der Waals surface area (Å²) in [7, 11) is 0. The van der Waals surface area contributed by atoms with E-state index in [2.05, 4.69) is 10.3 Å². The van der Waals surface area contributed by atoms with Gasteiger partial charge in [0.05, 0.1) is 17.7 Å². The Morgan fingerprint density at radius 2 is 1.72 bits per heavy atom. The van der Waals surface area contributed by atoms with Gasteiger partial charge in [0.25, 0.3) is 0 Å². The fraction of sp³-hybridized carbons (Fsp3) is 0.800. The molecule has 1 saturated heterocycles. The molecular formula is C20H28N2O6S. The standard InChI is InChI=1S/C20H28N2O6S/c23-8-12-14(24)15(25)16(26)18(28-12)22-19-21-7-13(29-19)17(27)20-4-9-1-10(5-20)3-11(2-9)6-20/h7,9-12,14-16,18,23-26H,1-6,8H2,(H,21,22)/t9?,10?,11?,12-,14-,15+,16+,18+,20?/m1/s1. The second-order valence-corrected chi connectivity index (χ2v) is 10.5. The highest BCUT2D eigenvalue weighted by Crippen LogP contribution is 2.61. The Morgan fingerprint density at radius 1 is 1.10 bits per heavy atom. The lowest BCUT2D eigenvalue weighted by molar-refractivity contribution is -0.221. The third kappa shape index (κ3) is 3.32. The van der Waals surface area contributed by atoms with E-state index in [1.807, 2.05) is 0 Å². The van der Waals surface area contributed by atoms with Gasteiger partial charge in [-0.25, -0.2) is 4.98 Å². The maximum absolute atomic E-state index is 13.4. The van der Waals surface area contributed by atoms with Crippen LogP contribution in [-0.4, -0.2) is 68.4 Å². The van der Waals surface area contributed by atoms with Gasteiger partial charge in [0.1, 0.15) is 24.4 Å². The zero-order valence-electron chi connectivity index (χ0n) is 16.1. The smallest absolute Gasteiger partial charge is 0.185 e. The first kappa shape index (κ1) is 19.8. The highest BCUT2D eigenvalue weighted by Gasteiger charge is 2.55. The number of nitrogens with zero attached hydrogens (tertiary/aromatic N) is 1. The summed E-state index contributed by atoms with van der Waals surface area (Å²) < 4.78 is 5.47. The highest BCUT2D eigenvalue weighted by atomic mass is 32.1. The maximum atomic E-state index is 13.4. The molecule has 5 N–H and O–H groups in total. The number of ether oxygens (including phenoxy) is 1. The maximum Gasteiger partial charge on any atom is 0.185 e. The predicted octanol–water partition coefficient (Wildman–Crippen LogP) is 0.754. The van der Waals surface area contributed by atoms with Crippen LogP contribution in [0.15, 0.2) is 6.20 Å². The number of nitrogens with one attached hydrogen (secondary N) is 1. The molecule has 160 valence electrons. The number of aliphatic hydroxyl groups excluding tert-OH is 4. The molecule has 4 bridgehead atoms. The average Bonchev–Trinajstić information content (AvgIpc) is 3.15. The van der Waals surface area contributed by atoms with E-state index < -0.39 is 37.3 Å². The van der Waals surface area contributed by atoms with Crippen molar-refractivity contribution in [2.24, 2.45) is 23.2 Å². The number of hydrogen-bond acceptors (Lipinski definition) is 9. The number of ketones is 1. The number of hydrogen-bond donors (Lipinski definition) is 5. The zero-order valence-corrected chi connectivity index (χ0v) is 16.9. The number of thiazole rings is 1. The van der Waals surface area contributed by atoms with E-state index in [9.17, 15) is 25.2 Å². The summed E-state index contributed by atoms with van der Waals surface area (Å²) in [5.41, 5.74) is -0.234. The van der Waals surface area contributed by atoms with Gasteiger partial charge in [-0.15, -0.1) is 0 Å². The largest absolute Gasteiger partial charge is 0.394 e. The Kier molecular flexibility index (Phi) is 4.96. The van der Waals surface area contributed by atoms with Crippen molar-refractivity contribution in [3.05, 3.63) is 11.1 Å². The summed E-state index contributed by atoms with van der Waals surface area (Å²) in [6.07, 6.45) is 2.11. The average molecular weight is 425 g/mol. The molecule has 6 rings (SSSR count). The summed E-state index contributed by atoms with van der Waals surface area (Å²) in [5.74, 6) is 2.25. The van der Waals surface area contributed by atoms with E-state index in [-0.39, 0.29) is 11.2 Å². The van der Waals surface area contributed by atoms with Gasteiger partial charge in [0.2, 0.25) is 0 Å². The number of Topliss-reactive ketones (excluding diaryl/α,β-unsaturated/α-hetero) is 1. The van der Waals surface area contributed by atoms with Crippen molar-refractivity contribution in [3.8, 4) is 0 Å². The van der Waals surface area contributed by atoms with Crippen LogP contribution in [0.4, 0.5) is 5.13 Å². The van der Waals surface area contributed by atoms with E-state index >= 15 is 0 Å². The third-order valence-electron chi connectivity index (χ3n) is 7.41. The van der Waals surface area contributed by atoms with Crippen molar-refractivity contribution < 1.29 is 30.0 Å². The number of carbonyl (C=O) groups excluding carboxylic acids is 1. The molecule has 4 aliphatic carbocycles. The van der Waals surface area contributed by atoms with Crippen molar-refractivity contribution in [3.63, 3.8) is 0 Å². The molecule has 0 radical (unpaired) electrons. The molecule has 1 aromatic rings. The molecular weight excluding hydrogens is 396 g/mol. The third-order valence-corrected chi connectivity index (χ3v) is 8.33. The van der Waals surface area contributed by atoms with Crippen molar-refractivity contribution >= 4 is 22.3 Å². The van der Waals surface area contributed by atoms with Gasteiger partial charge in [0.15, 0.2) is 17.1 Å². The molecule has 5 atom stereocenters. The number of aliphatic hydroxyl groups is 4. The molecule has 4 saturated carbocycles. The Balaban J connectivity index is 1.30. The zero-order chi connectivity index (χ0) is 20.3. The fourth-order valence-electron chi connectivity index (χ4n) is 6.44. The van der Waals surface area contributed by atoms with Crippen LogP contribution < -0.4 is 5.32 Å². The number of anilines is 1. The summed E-state index contributed by atoms with van der Waals surface area (Å²) in [4.78, 5) is 18.3. The first-order chi connectivity index (χ1) is 13.9. The number of aromatic nitrogens is 1. The van der Waals surface area contributed by atoms with E-state index in [1.165, 1.54) is 30.6 Å². The minimum absolute atomic E-state index is 0.191. The Hall–Kier alpha value is -1.10. The van der Waals surface area contributed by atoms with E-state index in [0.717, 1.165) is 19.3 Å². The van der Waals surface area contributed by atoms with Crippen LogP contribution in [-0.2, 0) is 4.74 Å². The first-order valence-corrected chi connectivity index (χ1v) is 11.3. The number of rotatable bonds is 5. The Morgan fingerprint density at radius 3 is 2.31 bits per heavy atom. The second-order valence-electron chi connectivity index (χ2n) is 9.45. The van der Waals surface area contributed by atoms with Crippen LogP contribution in [0.2, 0.25) is 0 Å². The van der Waals surface area contributed by atoms with Gasteiger partial charge in [-0.2, -0.15) is 0 Å². The second kappa shape index (κ2) is 7.25. The number of carbonyl (C=O) groups is 1. The van der Waals surface area contributed by atoms with Crippen LogP contribution in [0.5, 0.6) is 0 Å². The molecule has 2 heterocycles. The van der Waals surface area contributed by atoms with Crippen LogP contribution in [0.1, 0.15) is 48.2 Å².